The molecule has 4 nitrogen and oxygen atoms in total. The second-order valence-corrected chi connectivity index (χ2v) is 4.63. The van der Waals surface area contributed by atoms with E-state index in [0.717, 1.165) is 11.6 Å². The lowest BCUT2D eigenvalue weighted by molar-refractivity contribution is 0.396. The van der Waals surface area contributed by atoms with Gasteiger partial charge in [-0.25, -0.2) is 4.98 Å². The van der Waals surface area contributed by atoms with Crippen molar-refractivity contribution in [2.75, 3.05) is 12.4 Å². The Morgan fingerprint density at radius 2 is 2.19 bits per heavy atom. The molecule has 2 unspecified atom stereocenters. The molecule has 1 aliphatic carbocycles. The summed E-state index contributed by atoms with van der Waals surface area (Å²) in [6.07, 6.45) is 3.71. The third kappa shape index (κ3) is 2.62. The van der Waals surface area contributed by atoms with Gasteiger partial charge < -0.3 is 10.1 Å². The van der Waals surface area contributed by atoms with Crippen molar-refractivity contribution in [3.05, 3.63) is 11.8 Å². The van der Waals surface area contributed by atoms with E-state index < -0.39 is 0 Å². The molecule has 0 saturated heterocycles. The molecule has 0 spiro atoms. The summed E-state index contributed by atoms with van der Waals surface area (Å²) in [5, 5.41) is 3.38. The topological polar surface area (TPSA) is 47.0 Å². The van der Waals surface area contributed by atoms with Crippen LogP contribution in [0.2, 0.25) is 0 Å². The van der Waals surface area contributed by atoms with Gasteiger partial charge in [0.15, 0.2) is 0 Å². The fraction of sp³-hybridized carbons (Fsp3) is 0.667. The average molecular weight is 221 g/mol. The molecule has 1 N–H and O–H groups in total. The van der Waals surface area contributed by atoms with E-state index in [0.29, 0.717) is 17.9 Å². The number of rotatable bonds is 3. The van der Waals surface area contributed by atoms with E-state index in [2.05, 4.69) is 22.2 Å². The molecular formula is C12H19N3O. The summed E-state index contributed by atoms with van der Waals surface area (Å²) < 4.78 is 5.13. The molecular weight excluding hydrogens is 202 g/mol. The molecule has 0 aromatic carbocycles. The van der Waals surface area contributed by atoms with Crippen molar-refractivity contribution in [1.29, 1.82) is 0 Å². The summed E-state index contributed by atoms with van der Waals surface area (Å²) in [4.78, 5) is 8.66. The Morgan fingerprint density at radius 3 is 2.81 bits per heavy atom. The molecule has 0 bridgehead atoms. The fourth-order valence-electron chi connectivity index (χ4n) is 2.23. The second kappa shape index (κ2) is 4.68. The zero-order valence-corrected chi connectivity index (χ0v) is 10.2. The van der Waals surface area contributed by atoms with Gasteiger partial charge in [-0.2, -0.15) is 4.98 Å². The predicted octanol–water partition coefficient (Wildman–Crippen LogP) is 2.39. The summed E-state index contributed by atoms with van der Waals surface area (Å²) in [6, 6.07) is 2.35. The number of nitrogens with zero attached hydrogens (tertiary/aromatic N) is 2. The first-order chi connectivity index (χ1) is 7.67. The monoisotopic (exact) mass is 221 g/mol. The van der Waals surface area contributed by atoms with Crippen LogP contribution in [-0.4, -0.2) is 23.1 Å². The molecule has 1 aliphatic rings. The summed E-state index contributed by atoms with van der Waals surface area (Å²) >= 11 is 0. The second-order valence-electron chi connectivity index (χ2n) is 4.63. The van der Waals surface area contributed by atoms with Gasteiger partial charge in [0.2, 0.25) is 11.8 Å². The van der Waals surface area contributed by atoms with Crippen LogP contribution in [0.3, 0.4) is 0 Å². The first kappa shape index (κ1) is 11.2. The zero-order chi connectivity index (χ0) is 11.5. The molecule has 88 valence electrons. The average Bonchev–Trinajstić information content (AvgIpc) is 2.63. The standard InChI is InChI=1S/C12H19N3O/c1-8-4-5-10(6-8)14-12-13-9(2)7-11(15-12)16-3/h7-8,10H,4-6H2,1-3H3,(H,13,14,15). The van der Waals surface area contributed by atoms with E-state index >= 15 is 0 Å². The molecule has 2 rings (SSSR count). The highest BCUT2D eigenvalue weighted by atomic mass is 16.5. The molecule has 1 saturated carbocycles. The minimum Gasteiger partial charge on any atom is -0.481 e. The highest BCUT2D eigenvalue weighted by Gasteiger charge is 2.21. The summed E-state index contributed by atoms with van der Waals surface area (Å²) in [6.45, 7) is 4.24. The molecule has 1 aromatic rings. The molecule has 0 amide bonds. The van der Waals surface area contributed by atoms with E-state index in [4.69, 9.17) is 4.74 Å². The predicted molar refractivity (Wildman–Crippen MR) is 63.7 cm³/mol. The van der Waals surface area contributed by atoms with Gasteiger partial charge in [0, 0.05) is 17.8 Å². The Kier molecular flexibility index (Phi) is 3.27. The molecule has 1 fully saturated rings. The molecule has 0 aliphatic heterocycles. The van der Waals surface area contributed by atoms with Gasteiger partial charge in [-0.3, -0.25) is 0 Å². The Hall–Kier alpha value is -1.32. The number of aromatic nitrogens is 2. The third-order valence-corrected chi connectivity index (χ3v) is 3.07. The van der Waals surface area contributed by atoms with Gasteiger partial charge in [0.1, 0.15) is 0 Å². The maximum absolute atomic E-state index is 5.13. The Labute approximate surface area is 96.4 Å². The van der Waals surface area contributed by atoms with Crippen LogP contribution in [0.25, 0.3) is 0 Å². The molecule has 1 aromatic heterocycles. The first-order valence-electron chi connectivity index (χ1n) is 5.83. The number of nitrogens with one attached hydrogen (secondary N) is 1. The van der Waals surface area contributed by atoms with Crippen molar-refractivity contribution in [2.45, 2.75) is 39.2 Å². The quantitative estimate of drug-likeness (QED) is 0.851. The normalized spacial score (nSPS) is 24.4. The van der Waals surface area contributed by atoms with Crippen LogP contribution in [0.1, 0.15) is 31.9 Å². The molecule has 1 heterocycles. The van der Waals surface area contributed by atoms with E-state index in [1.807, 2.05) is 13.0 Å². The lowest BCUT2D eigenvalue weighted by Gasteiger charge is -2.13. The molecule has 0 radical (unpaired) electrons. The summed E-state index contributed by atoms with van der Waals surface area (Å²) in [5.74, 6) is 2.13. The van der Waals surface area contributed by atoms with Crippen molar-refractivity contribution in [2.24, 2.45) is 5.92 Å². The maximum atomic E-state index is 5.13. The number of aryl methyl sites for hydroxylation is 1. The van der Waals surface area contributed by atoms with Crippen LogP contribution in [0.15, 0.2) is 6.07 Å². The van der Waals surface area contributed by atoms with Gasteiger partial charge in [-0.15, -0.1) is 0 Å². The van der Waals surface area contributed by atoms with Gasteiger partial charge in [0.25, 0.3) is 0 Å². The number of hydrogen-bond donors (Lipinski definition) is 1. The number of hydrogen-bond acceptors (Lipinski definition) is 4. The Bertz CT molecular complexity index is 367. The smallest absolute Gasteiger partial charge is 0.226 e. The van der Waals surface area contributed by atoms with Gasteiger partial charge in [-0.05, 0) is 32.1 Å². The van der Waals surface area contributed by atoms with E-state index in [1.54, 1.807) is 7.11 Å². The third-order valence-electron chi connectivity index (χ3n) is 3.07. The van der Waals surface area contributed by atoms with Crippen LogP contribution >= 0.6 is 0 Å². The largest absolute Gasteiger partial charge is 0.481 e. The van der Waals surface area contributed by atoms with Gasteiger partial charge in [0.05, 0.1) is 7.11 Å². The number of methoxy groups -OCH3 is 1. The number of ether oxygens (including phenoxy) is 1. The van der Waals surface area contributed by atoms with Crippen LogP contribution < -0.4 is 10.1 Å². The SMILES string of the molecule is COc1cc(C)nc(NC2CCC(C)C2)n1. The van der Waals surface area contributed by atoms with E-state index in [1.165, 1.54) is 19.3 Å². The first-order valence-corrected chi connectivity index (χ1v) is 5.83. The van der Waals surface area contributed by atoms with Crippen molar-refractivity contribution in [3.63, 3.8) is 0 Å². The molecule has 4 heteroatoms. The summed E-state index contributed by atoms with van der Waals surface area (Å²) in [7, 11) is 1.63. The lowest BCUT2D eigenvalue weighted by atomic mass is 10.1. The van der Waals surface area contributed by atoms with Crippen molar-refractivity contribution in [3.8, 4) is 5.88 Å². The van der Waals surface area contributed by atoms with E-state index in [9.17, 15) is 0 Å². The van der Waals surface area contributed by atoms with Crippen LogP contribution in [0.5, 0.6) is 5.88 Å². The van der Waals surface area contributed by atoms with Crippen LogP contribution in [0.4, 0.5) is 5.95 Å². The minimum atomic E-state index is 0.515. The Morgan fingerprint density at radius 1 is 1.38 bits per heavy atom. The van der Waals surface area contributed by atoms with Crippen molar-refractivity contribution >= 4 is 5.95 Å². The van der Waals surface area contributed by atoms with Crippen LogP contribution in [-0.2, 0) is 0 Å². The lowest BCUT2D eigenvalue weighted by Crippen LogP contribution is -2.17. The fourth-order valence-corrected chi connectivity index (χ4v) is 2.23. The zero-order valence-electron chi connectivity index (χ0n) is 10.2. The minimum absolute atomic E-state index is 0.515. The van der Waals surface area contributed by atoms with Crippen LogP contribution in [0, 0.1) is 12.8 Å². The molecule has 16 heavy (non-hydrogen) atoms. The Balaban J connectivity index is 2.06. The molecule has 2 atom stereocenters. The number of anilines is 1. The van der Waals surface area contributed by atoms with Crippen molar-refractivity contribution in [1.82, 2.24) is 9.97 Å². The maximum Gasteiger partial charge on any atom is 0.226 e. The summed E-state index contributed by atoms with van der Waals surface area (Å²) in [5.41, 5.74) is 0.931. The van der Waals surface area contributed by atoms with Crippen molar-refractivity contribution < 1.29 is 4.74 Å². The van der Waals surface area contributed by atoms with E-state index in [-0.39, 0.29) is 0 Å². The van der Waals surface area contributed by atoms with Gasteiger partial charge >= 0.3 is 0 Å². The highest BCUT2D eigenvalue weighted by Crippen LogP contribution is 2.27. The highest BCUT2D eigenvalue weighted by molar-refractivity contribution is 5.32. The van der Waals surface area contributed by atoms with Gasteiger partial charge in [-0.1, -0.05) is 6.92 Å².